The zero-order valence-corrected chi connectivity index (χ0v) is 15.1. The first-order valence-corrected chi connectivity index (χ1v) is 8.86. The number of amides is 1. The molecule has 2 aromatic rings. The second-order valence-corrected chi connectivity index (χ2v) is 6.52. The van der Waals surface area contributed by atoms with Crippen LogP contribution in [0.25, 0.3) is 11.4 Å². The fourth-order valence-electron chi connectivity index (χ4n) is 2.88. The third-order valence-electron chi connectivity index (χ3n) is 4.41. The Hall–Kier alpha value is -2.51. The Morgan fingerprint density at radius 1 is 1.23 bits per heavy atom. The quantitative estimate of drug-likeness (QED) is 0.758. The molecule has 0 atom stereocenters. The molecule has 0 bridgehead atoms. The van der Waals surface area contributed by atoms with Crippen molar-refractivity contribution in [2.24, 2.45) is 0 Å². The van der Waals surface area contributed by atoms with E-state index in [9.17, 15) is 4.79 Å². The van der Waals surface area contributed by atoms with Crippen LogP contribution in [0.3, 0.4) is 0 Å². The van der Waals surface area contributed by atoms with E-state index >= 15 is 0 Å². The molecule has 1 aromatic carbocycles. The van der Waals surface area contributed by atoms with Crippen LogP contribution in [0.5, 0.6) is 0 Å². The Morgan fingerprint density at radius 2 is 1.92 bits per heavy atom. The normalized spacial score (nSPS) is 15.7. The number of hydrogen-bond acceptors (Lipinski definition) is 6. The highest BCUT2D eigenvalue weighted by atomic mass is 16.5. The summed E-state index contributed by atoms with van der Waals surface area (Å²) < 4.78 is 5.40. The van der Waals surface area contributed by atoms with Gasteiger partial charge in [-0.15, -0.1) is 6.58 Å². The highest BCUT2D eigenvalue weighted by molar-refractivity contribution is 5.78. The maximum atomic E-state index is 11.8. The number of benzene rings is 1. The zero-order valence-electron chi connectivity index (χ0n) is 15.1. The topological polar surface area (TPSA) is 74.5 Å². The second-order valence-electron chi connectivity index (χ2n) is 6.52. The lowest BCUT2D eigenvalue weighted by Gasteiger charge is -2.33. The summed E-state index contributed by atoms with van der Waals surface area (Å²) in [4.78, 5) is 20.7. The van der Waals surface area contributed by atoms with Gasteiger partial charge in [-0.25, -0.2) is 0 Å². The average Bonchev–Trinajstić information content (AvgIpc) is 3.11. The molecule has 1 amide bonds. The first-order valence-electron chi connectivity index (χ1n) is 8.86. The molecule has 26 heavy (non-hydrogen) atoms. The van der Waals surface area contributed by atoms with Crippen LogP contribution in [0.1, 0.15) is 11.5 Å². The van der Waals surface area contributed by atoms with Crippen LogP contribution >= 0.6 is 0 Å². The lowest BCUT2D eigenvalue weighted by Crippen LogP contribution is -2.49. The molecular weight excluding hydrogens is 330 g/mol. The summed E-state index contributed by atoms with van der Waals surface area (Å²) in [5, 5.41) is 6.89. The van der Waals surface area contributed by atoms with Crippen molar-refractivity contribution < 1.29 is 9.32 Å². The lowest BCUT2D eigenvalue weighted by atomic mass is 10.1. The van der Waals surface area contributed by atoms with Gasteiger partial charge in [0.2, 0.25) is 17.6 Å². The Morgan fingerprint density at radius 3 is 2.62 bits per heavy atom. The molecule has 3 rings (SSSR count). The third kappa shape index (κ3) is 5.00. The molecule has 1 saturated heterocycles. The van der Waals surface area contributed by atoms with Crippen LogP contribution in [0.2, 0.25) is 0 Å². The van der Waals surface area contributed by atoms with Crippen molar-refractivity contribution in [2.45, 2.75) is 13.5 Å². The molecule has 138 valence electrons. The van der Waals surface area contributed by atoms with Gasteiger partial charge in [0.1, 0.15) is 0 Å². The van der Waals surface area contributed by atoms with Gasteiger partial charge < -0.3 is 9.84 Å². The monoisotopic (exact) mass is 355 g/mol. The van der Waals surface area contributed by atoms with Gasteiger partial charge >= 0.3 is 0 Å². The molecular formula is C19H25N5O2. The predicted molar refractivity (Wildman–Crippen MR) is 99.4 cm³/mol. The van der Waals surface area contributed by atoms with Gasteiger partial charge in [-0.1, -0.05) is 41.1 Å². The fourth-order valence-corrected chi connectivity index (χ4v) is 2.88. The van der Waals surface area contributed by atoms with E-state index in [0.29, 0.717) is 31.3 Å². The second kappa shape index (κ2) is 8.73. The first-order chi connectivity index (χ1) is 12.6. The van der Waals surface area contributed by atoms with Gasteiger partial charge in [0.15, 0.2) is 0 Å². The number of carbonyl (C=O) groups excluding carboxylic acids is 1. The summed E-state index contributed by atoms with van der Waals surface area (Å²) in [5.41, 5.74) is 2.16. The molecule has 0 aliphatic carbocycles. The van der Waals surface area contributed by atoms with Crippen molar-refractivity contribution in [1.29, 1.82) is 0 Å². The van der Waals surface area contributed by atoms with E-state index in [1.165, 1.54) is 5.56 Å². The lowest BCUT2D eigenvalue weighted by molar-refractivity contribution is -0.122. The van der Waals surface area contributed by atoms with Crippen molar-refractivity contribution in [1.82, 2.24) is 25.3 Å². The number of aromatic nitrogens is 2. The maximum absolute atomic E-state index is 11.8. The molecule has 7 nitrogen and oxygen atoms in total. The number of piperazine rings is 1. The molecule has 0 radical (unpaired) electrons. The minimum Gasteiger partial charge on any atom is -0.352 e. The molecule has 1 aromatic heterocycles. The van der Waals surface area contributed by atoms with Gasteiger partial charge in [-0.2, -0.15) is 4.98 Å². The summed E-state index contributed by atoms with van der Waals surface area (Å²) in [6, 6.07) is 8.08. The number of nitrogens with one attached hydrogen (secondary N) is 1. The molecule has 0 saturated carbocycles. The highest BCUT2D eigenvalue weighted by Gasteiger charge is 2.20. The van der Waals surface area contributed by atoms with E-state index in [1.807, 2.05) is 31.2 Å². The first kappa shape index (κ1) is 18.3. The third-order valence-corrected chi connectivity index (χ3v) is 4.41. The molecule has 2 heterocycles. The minimum atomic E-state index is 0.0398. The number of nitrogens with zero attached hydrogens (tertiary/aromatic N) is 4. The molecule has 7 heteroatoms. The summed E-state index contributed by atoms with van der Waals surface area (Å²) >= 11 is 0. The standard InChI is InChI=1S/C19H25N5O2/c1-3-8-20-17(25)13-23-9-11-24(12-10-23)14-18-21-19(22-26-18)16-6-4-15(2)5-7-16/h3-7H,1,8-14H2,2H3,(H,20,25). The number of aryl methyl sites for hydroxylation is 1. The zero-order chi connectivity index (χ0) is 18.4. The van der Waals surface area contributed by atoms with Crippen LogP contribution in [-0.4, -0.2) is 65.1 Å². The molecule has 0 spiro atoms. The Balaban J connectivity index is 1.47. The number of hydrogen-bond donors (Lipinski definition) is 1. The van der Waals surface area contributed by atoms with Crippen molar-refractivity contribution in [3.63, 3.8) is 0 Å². The number of carbonyl (C=O) groups is 1. The Kier molecular flexibility index (Phi) is 6.14. The largest absolute Gasteiger partial charge is 0.352 e. The van der Waals surface area contributed by atoms with Crippen molar-refractivity contribution in [3.8, 4) is 11.4 Å². The Bertz CT molecular complexity index is 733. The van der Waals surface area contributed by atoms with Crippen LogP contribution < -0.4 is 5.32 Å². The van der Waals surface area contributed by atoms with Crippen LogP contribution in [-0.2, 0) is 11.3 Å². The molecule has 0 unspecified atom stereocenters. The van der Waals surface area contributed by atoms with Crippen molar-refractivity contribution in [3.05, 3.63) is 48.4 Å². The van der Waals surface area contributed by atoms with Crippen molar-refractivity contribution in [2.75, 3.05) is 39.3 Å². The van der Waals surface area contributed by atoms with Crippen LogP contribution in [0, 0.1) is 6.92 Å². The van der Waals surface area contributed by atoms with Gasteiger partial charge in [-0.05, 0) is 6.92 Å². The molecule has 1 N–H and O–H groups in total. The fraction of sp³-hybridized carbons (Fsp3) is 0.421. The summed E-state index contributed by atoms with van der Waals surface area (Å²) in [5.74, 6) is 1.29. The van der Waals surface area contributed by atoms with Gasteiger partial charge in [0, 0.05) is 38.3 Å². The SMILES string of the molecule is C=CCNC(=O)CN1CCN(Cc2nc(-c3ccc(C)cc3)no2)CC1. The van der Waals surface area contributed by atoms with E-state index in [0.717, 1.165) is 31.7 Å². The van der Waals surface area contributed by atoms with Gasteiger partial charge in [-0.3, -0.25) is 14.6 Å². The Labute approximate surface area is 153 Å². The van der Waals surface area contributed by atoms with E-state index in [-0.39, 0.29) is 5.91 Å². The minimum absolute atomic E-state index is 0.0398. The van der Waals surface area contributed by atoms with E-state index < -0.39 is 0 Å². The average molecular weight is 355 g/mol. The highest BCUT2D eigenvalue weighted by Crippen LogP contribution is 2.17. The summed E-state index contributed by atoms with van der Waals surface area (Å²) in [7, 11) is 0. The van der Waals surface area contributed by atoms with Gasteiger partial charge in [0.25, 0.3) is 0 Å². The summed E-state index contributed by atoms with van der Waals surface area (Å²) in [6.07, 6.45) is 1.69. The van der Waals surface area contributed by atoms with E-state index in [4.69, 9.17) is 4.52 Å². The van der Waals surface area contributed by atoms with E-state index in [2.05, 4.69) is 31.8 Å². The number of rotatable bonds is 7. The smallest absolute Gasteiger partial charge is 0.241 e. The maximum Gasteiger partial charge on any atom is 0.241 e. The van der Waals surface area contributed by atoms with Gasteiger partial charge in [0.05, 0.1) is 13.1 Å². The van der Waals surface area contributed by atoms with Crippen LogP contribution in [0.4, 0.5) is 0 Å². The predicted octanol–water partition coefficient (Wildman–Crippen LogP) is 1.46. The van der Waals surface area contributed by atoms with Crippen LogP contribution in [0.15, 0.2) is 41.4 Å². The molecule has 1 fully saturated rings. The molecule has 1 aliphatic heterocycles. The van der Waals surface area contributed by atoms with E-state index in [1.54, 1.807) is 6.08 Å². The molecule has 1 aliphatic rings. The summed E-state index contributed by atoms with van der Waals surface area (Å²) in [6.45, 7) is 10.7. The van der Waals surface area contributed by atoms with Crippen molar-refractivity contribution >= 4 is 5.91 Å².